The Balaban J connectivity index is 1.44. The smallest absolute Gasteiger partial charge is 0.225 e. The molecule has 2 aromatic rings. The van der Waals surface area contributed by atoms with Gasteiger partial charge in [0.25, 0.3) is 0 Å². The highest BCUT2D eigenvalue weighted by Crippen LogP contribution is 2.39. The van der Waals surface area contributed by atoms with Gasteiger partial charge < -0.3 is 4.90 Å². The van der Waals surface area contributed by atoms with Gasteiger partial charge in [0.15, 0.2) is 0 Å². The van der Waals surface area contributed by atoms with Gasteiger partial charge in [-0.1, -0.05) is 0 Å². The lowest BCUT2D eigenvalue weighted by Crippen LogP contribution is -2.52. The summed E-state index contributed by atoms with van der Waals surface area (Å²) in [6, 6.07) is 4.01. The second-order valence-corrected chi connectivity index (χ2v) is 6.77. The molecular weight excluding hydrogens is 288 g/mol. The fourth-order valence-electron chi connectivity index (χ4n) is 4.13. The minimum Gasteiger partial charge on any atom is -0.341 e. The molecule has 0 amide bonds. The Bertz CT molecular complexity index is 644. The number of hydrogen-bond acceptors (Lipinski definition) is 5. The molecule has 0 atom stereocenters. The second-order valence-electron chi connectivity index (χ2n) is 6.77. The largest absolute Gasteiger partial charge is 0.341 e. The molecule has 0 unspecified atom stereocenters. The molecule has 2 aromatic heterocycles. The summed E-state index contributed by atoms with van der Waals surface area (Å²) in [5, 5.41) is 4.56. The molecule has 23 heavy (non-hydrogen) atoms. The van der Waals surface area contributed by atoms with Crippen molar-refractivity contribution in [3.05, 3.63) is 36.4 Å². The van der Waals surface area contributed by atoms with E-state index in [1.54, 1.807) is 0 Å². The fourth-order valence-corrected chi connectivity index (χ4v) is 4.13. The summed E-state index contributed by atoms with van der Waals surface area (Å²) >= 11 is 0. The number of nitrogens with zero attached hydrogens (tertiary/aromatic N) is 6. The van der Waals surface area contributed by atoms with Crippen LogP contribution in [0.2, 0.25) is 0 Å². The molecule has 2 aliphatic rings. The SMILES string of the molecule is Cn1ccc(CN2CCCC23CCN(c2ncccn2)CC3)n1. The van der Waals surface area contributed by atoms with Crippen molar-refractivity contribution in [3.63, 3.8) is 0 Å². The van der Waals surface area contributed by atoms with Gasteiger partial charge in [-0.15, -0.1) is 0 Å². The number of rotatable bonds is 3. The van der Waals surface area contributed by atoms with Gasteiger partial charge in [-0.05, 0) is 44.4 Å². The van der Waals surface area contributed by atoms with Crippen LogP contribution in [0.1, 0.15) is 31.4 Å². The Kier molecular flexibility index (Phi) is 3.77. The van der Waals surface area contributed by atoms with Crippen molar-refractivity contribution in [2.24, 2.45) is 7.05 Å². The Morgan fingerprint density at radius 3 is 2.57 bits per heavy atom. The lowest BCUT2D eigenvalue weighted by molar-refractivity contribution is 0.0979. The van der Waals surface area contributed by atoms with Crippen molar-refractivity contribution in [2.45, 2.75) is 37.8 Å². The molecule has 4 heterocycles. The van der Waals surface area contributed by atoms with Crippen LogP contribution in [0.15, 0.2) is 30.7 Å². The van der Waals surface area contributed by atoms with Crippen LogP contribution in [-0.2, 0) is 13.6 Å². The highest BCUT2D eigenvalue weighted by atomic mass is 15.3. The van der Waals surface area contributed by atoms with E-state index in [-0.39, 0.29) is 0 Å². The zero-order chi connectivity index (χ0) is 15.7. The van der Waals surface area contributed by atoms with E-state index < -0.39 is 0 Å². The molecule has 6 heteroatoms. The number of likely N-dealkylation sites (tertiary alicyclic amines) is 1. The van der Waals surface area contributed by atoms with Gasteiger partial charge in [0.2, 0.25) is 5.95 Å². The van der Waals surface area contributed by atoms with Crippen LogP contribution in [0.4, 0.5) is 5.95 Å². The van der Waals surface area contributed by atoms with E-state index in [4.69, 9.17) is 0 Å². The van der Waals surface area contributed by atoms with Crippen LogP contribution >= 0.6 is 0 Å². The summed E-state index contributed by atoms with van der Waals surface area (Å²) in [5.41, 5.74) is 1.53. The Morgan fingerprint density at radius 2 is 1.87 bits per heavy atom. The molecule has 0 radical (unpaired) electrons. The van der Waals surface area contributed by atoms with Crippen molar-refractivity contribution in [3.8, 4) is 0 Å². The van der Waals surface area contributed by atoms with Crippen molar-refractivity contribution in [1.82, 2.24) is 24.6 Å². The van der Waals surface area contributed by atoms with Crippen molar-refractivity contribution >= 4 is 5.95 Å². The molecule has 6 nitrogen and oxygen atoms in total. The molecule has 2 aliphatic heterocycles. The van der Waals surface area contributed by atoms with Crippen LogP contribution in [-0.4, -0.2) is 49.8 Å². The summed E-state index contributed by atoms with van der Waals surface area (Å²) in [4.78, 5) is 13.8. The number of anilines is 1. The van der Waals surface area contributed by atoms with E-state index in [0.717, 1.165) is 25.6 Å². The quantitative estimate of drug-likeness (QED) is 0.865. The maximum atomic E-state index is 4.56. The van der Waals surface area contributed by atoms with Crippen molar-refractivity contribution < 1.29 is 0 Å². The first-order chi connectivity index (χ1) is 11.3. The normalized spacial score (nSPS) is 21.2. The summed E-state index contributed by atoms with van der Waals surface area (Å²) in [6.07, 6.45) is 10.7. The lowest BCUT2D eigenvalue weighted by atomic mass is 9.85. The Labute approximate surface area is 137 Å². The molecule has 0 N–H and O–H groups in total. The van der Waals surface area contributed by atoms with Gasteiger partial charge >= 0.3 is 0 Å². The lowest BCUT2D eigenvalue weighted by Gasteiger charge is -2.45. The summed E-state index contributed by atoms with van der Waals surface area (Å²) < 4.78 is 1.90. The van der Waals surface area contributed by atoms with Gasteiger partial charge in [0, 0.05) is 50.8 Å². The number of hydrogen-bond donors (Lipinski definition) is 0. The van der Waals surface area contributed by atoms with Gasteiger partial charge in [0.1, 0.15) is 0 Å². The number of piperidine rings is 1. The maximum absolute atomic E-state index is 4.56. The van der Waals surface area contributed by atoms with Crippen LogP contribution in [0, 0.1) is 0 Å². The van der Waals surface area contributed by atoms with Gasteiger partial charge in [0.05, 0.1) is 5.69 Å². The predicted molar refractivity (Wildman–Crippen MR) is 89.1 cm³/mol. The van der Waals surface area contributed by atoms with Crippen LogP contribution in [0.3, 0.4) is 0 Å². The summed E-state index contributed by atoms with van der Waals surface area (Å²) in [5.74, 6) is 0.872. The summed E-state index contributed by atoms with van der Waals surface area (Å²) in [6.45, 7) is 4.26. The van der Waals surface area contributed by atoms with E-state index in [1.165, 1.54) is 37.9 Å². The van der Waals surface area contributed by atoms with Gasteiger partial charge in [-0.2, -0.15) is 5.10 Å². The maximum Gasteiger partial charge on any atom is 0.225 e. The standard InChI is InChI=1S/C17H24N6/c1-21-11-4-15(20-21)14-23-10-2-5-17(23)6-12-22(13-7-17)16-18-8-3-9-19-16/h3-4,8-9,11H,2,5-7,10,12-14H2,1H3. The van der Waals surface area contributed by atoms with E-state index >= 15 is 0 Å². The highest BCUT2D eigenvalue weighted by molar-refractivity contribution is 5.30. The Morgan fingerprint density at radius 1 is 1.09 bits per heavy atom. The van der Waals surface area contributed by atoms with Crippen molar-refractivity contribution in [2.75, 3.05) is 24.5 Å². The third kappa shape index (κ3) is 2.83. The third-order valence-electron chi connectivity index (χ3n) is 5.39. The average molecular weight is 312 g/mol. The molecule has 0 saturated carbocycles. The first kappa shape index (κ1) is 14.6. The molecule has 0 bridgehead atoms. The fraction of sp³-hybridized carbons (Fsp3) is 0.588. The van der Waals surface area contributed by atoms with Crippen LogP contribution in [0.5, 0.6) is 0 Å². The minimum atomic E-state index is 0.350. The Hall–Kier alpha value is -1.95. The molecule has 4 rings (SSSR count). The predicted octanol–water partition coefficient (Wildman–Crippen LogP) is 1.85. The molecule has 0 aromatic carbocycles. The number of aryl methyl sites for hydroxylation is 1. The first-order valence-corrected chi connectivity index (χ1v) is 8.51. The van der Waals surface area contributed by atoms with Gasteiger partial charge in [-0.3, -0.25) is 9.58 Å². The molecule has 2 saturated heterocycles. The van der Waals surface area contributed by atoms with Crippen LogP contribution < -0.4 is 4.90 Å². The highest BCUT2D eigenvalue weighted by Gasteiger charge is 2.43. The van der Waals surface area contributed by atoms with Gasteiger partial charge in [-0.25, -0.2) is 9.97 Å². The topological polar surface area (TPSA) is 50.1 Å². The van der Waals surface area contributed by atoms with E-state index in [2.05, 4.69) is 30.9 Å². The van der Waals surface area contributed by atoms with E-state index in [9.17, 15) is 0 Å². The third-order valence-corrected chi connectivity index (χ3v) is 5.39. The molecular formula is C17H24N6. The molecule has 0 aliphatic carbocycles. The molecule has 1 spiro atoms. The number of aromatic nitrogens is 4. The molecule has 122 valence electrons. The zero-order valence-corrected chi connectivity index (χ0v) is 13.7. The second kappa shape index (κ2) is 5.92. The zero-order valence-electron chi connectivity index (χ0n) is 13.7. The van der Waals surface area contributed by atoms with Crippen LogP contribution in [0.25, 0.3) is 0 Å². The monoisotopic (exact) mass is 312 g/mol. The average Bonchev–Trinajstić information content (AvgIpc) is 3.17. The minimum absolute atomic E-state index is 0.350. The summed E-state index contributed by atoms with van der Waals surface area (Å²) in [7, 11) is 1.99. The van der Waals surface area contributed by atoms with Crippen molar-refractivity contribution in [1.29, 1.82) is 0 Å². The molecule has 2 fully saturated rings. The van der Waals surface area contributed by atoms with E-state index in [1.807, 2.05) is 36.4 Å². The van der Waals surface area contributed by atoms with E-state index in [0.29, 0.717) is 5.54 Å². The first-order valence-electron chi connectivity index (χ1n) is 8.51.